The minimum Gasteiger partial charge on any atom is -0.374 e. The Morgan fingerprint density at radius 1 is 1.28 bits per heavy atom. The lowest BCUT2D eigenvalue weighted by atomic mass is 9.90. The average molecular weight is 377 g/mol. The van der Waals surface area contributed by atoms with E-state index in [2.05, 4.69) is 9.71 Å². The number of hydrogen-bond donors (Lipinski definition) is 2. The number of aliphatic hydroxyl groups is 1. The molecule has 1 fully saturated rings. The van der Waals surface area contributed by atoms with E-state index in [1.807, 2.05) is 0 Å². The summed E-state index contributed by atoms with van der Waals surface area (Å²) in [5.74, 6) is 0.0166. The van der Waals surface area contributed by atoms with Gasteiger partial charge >= 0.3 is 0 Å². The molecule has 0 bridgehead atoms. The van der Waals surface area contributed by atoms with Crippen LogP contribution >= 0.6 is 11.3 Å². The van der Waals surface area contributed by atoms with E-state index < -0.39 is 15.6 Å². The monoisotopic (exact) mass is 377 g/mol. The maximum absolute atomic E-state index is 12.6. The van der Waals surface area contributed by atoms with Gasteiger partial charge in [-0.05, 0) is 35.7 Å². The minimum absolute atomic E-state index is 0.267. The number of thiophene rings is 1. The van der Waals surface area contributed by atoms with Gasteiger partial charge < -0.3 is 10.0 Å². The number of hydrogen-bond acceptors (Lipinski definition) is 7. The summed E-state index contributed by atoms with van der Waals surface area (Å²) in [6, 6.07) is 8.42. The molecular weight excluding hydrogens is 362 g/mol. The summed E-state index contributed by atoms with van der Waals surface area (Å²) in [6.07, 6.45) is 1.35. The molecule has 1 saturated heterocycles. The Labute approximate surface area is 148 Å². The Morgan fingerprint density at radius 2 is 2.00 bits per heavy atom. The fourth-order valence-electron chi connectivity index (χ4n) is 3.14. The standard InChI is InChI=1S/C16H15N3O4S2/c1-25(22,23)18-10-2-4-11(5-3-10)19-8-7-16(21)13(20)12-6-9-24-14(12)17-15(16)19/h2-6,9,18,21H,7-8H2,1H3. The number of nitrogens with one attached hydrogen (secondary N) is 1. The molecule has 9 heteroatoms. The van der Waals surface area contributed by atoms with E-state index in [9.17, 15) is 18.3 Å². The number of nitrogens with zero attached hydrogens (tertiary/aromatic N) is 2. The third-order valence-corrected chi connectivity index (χ3v) is 5.69. The van der Waals surface area contributed by atoms with Gasteiger partial charge in [-0.1, -0.05) is 0 Å². The van der Waals surface area contributed by atoms with Crippen molar-refractivity contribution in [2.75, 3.05) is 22.4 Å². The van der Waals surface area contributed by atoms with E-state index in [4.69, 9.17) is 0 Å². The first-order chi connectivity index (χ1) is 11.8. The second kappa shape index (κ2) is 5.38. The van der Waals surface area contributed by atoms with Crippen LogP contribution in [-0.4, -0.2) is 43.5 Å². The molecule has 0 aliphatic carbocycles. The molecule has 130 valence electrons. The molecule has 25 heavy (non-hydrogen) atoms. The summed E-state index contributed by atoms with van der Waals surface area (Å²) < 4.78 is 25.0. The van der Waals surface area contributed by atoms with Gasteiger partial charge in [0.1, 0.15) is 5.00 Å². The van der Waals surface area contributed by atoms with E-state index in [1.54, 1.807) is 40.6 Å². The average Bonchev–Trinajstić information content (AvgIpc) is 3.13. The molecule has 0 radical (unpaired) electrons. The quantitative estimate of drug-likeness (QED) is 0.852. The van der Waals surface area contributed by atoms with Crippen molar-refractivity contribution in [1.82, 2.24) is 0 Å². The molecule has 1 aromatic carbocycles. The van der Waals surface area contributed by atoms with Gasteiger partial charge in [-0.3, -0.25) is 9.52 Å². The highest BCUT2D eigenvalue weighted by Crippen LogP contribution is 2.41. The van der Waals surface area contributed by atoms with Gasteiger partial charge in [0, 0.05) is 24.3 Å². The van der Waals surface area contributed by atoms with Crippen molar-refractivity contribution in [3.8, 4) is 0 Å². The summed E-state index contributed by atoms with van der Waals surface area (Å²) in [5.41, 5.74) is 0.0489. The van der Waals surface area contributed by atoms with E-state index >= 15 is 0 Å². The van der Waals surface area contributed by atoms with E-state index in [-0.39, 0.29) is 12.2 Å². The Kier molecular flexibility index (Phi) is 3.50. The first-order valence-electron chi connectivity index (χ1n) is 7.57. The van der Waals surface area contributed by atoms with Gasteiger partial charge in [0.05, 0.1) is 11.8 Å². The van der Waals surface area contributed by atoms with Crippen molar-refractivity contribution < 1.29 is 18.3 Å². The zero-order chi connectivity index (χ0) is 17.8. The zero-order valence-corrected chi connectivity index (χ0v) is 14.9. The van der Waals surface area contributed by atoms with Crippen LogP contribution in [0.15, 0.2) is 40.7 Å². The molecule has 0 saturated carbocycles. The first-order valence-corrected chi connectivity index (χ1v) is 10.3. The highest BCUT2D eigenvalue weighted by molar-refractivity contribution is 7.92. The van der Waals surface area contributed by atoms with Crippen LogP contribution in [0.4, 0.5) is 16.4 Å². The number of sulfonamides is 1. The van der Waals surface area contributed by atoms with Crippen molar-refractivity contribution in [3.05, 3.63) is 41.3 Å². The molecular formula is C16H15N3O4S2. The van der Waals surface area contributed by atoms with Crippen LogP contribution < -0.4 is 9.62 Å². The van der Waals surface area contributed by atoms with E-state index in [0.29, 0.717) is 28.6 Å². The number of amidine groups is 1. The first kappa shape index (κ1) is 16.2. The highest BCUT2D eigenvalue weighted by atomic mass is 32.2. The molecule has 1 atom stereocenters. The number of aliphatic imine (C=N–C) groups is 1. The maximum atomic E-state index is 12.6. The van der Waals surface area contributed by atoms with Crippen molar-refractivity contribution in [2.24, 2.45) is 4.99 Å². The topological polar surface area (TPSA) is 99.1 Å². The number of anilines is 2. The Balaban J connectivity index is 1.70. The molecule has 2 aliphatic rings. The lowest BCUT2D eigenvalue weighted by Gasteiger charge is -2.28. The number of benzene rings is 1. The number of Topliss-reactive ketones (excluding diaryl/α,β-unsaturated/α-hetero) is 1. The number of carbonyl (C=O) groups is 1. The Bertz CT molecular complexity index is 995. The number of fused-ring (bicyclic) bond motifs is 2. The second-order valence-corrected chi connectivity index (χ2v) is 8.73. The summed E-state index contributed by atoms with van der Waals surface area (Å²) in [7, 11) is -3.34. The number of ketones is 1. The molecule has 0 spiro atoms. The third kappa shape index (κ3) is 2.64. The van der Waals surface area contributed by atoms with Crippen molar-refractivity contribution in [1.29, 1.82) is 0 Å². The molecule has 2 N–H and O–H groups in total. The SMILES string of the molecule is CS(=O)(=O)Nc1ccc(N2CCC3(O)C(=O)c4ccsc4N=C23)cc1. The lowest BCUT2D eigenvalue weighted by Crippen LogP contribution is -2.48. The van der Waals surface area contributed by atoms with Crippen LogP contribution in [0.5, 0.6) is 0 Å². The fourth-order valence-corrected chi connectivity index (χ4v) is 4.46. The largest absolute Gasteiger partial charge is 0.374 e. The van der Waals surface area contributed by atoms with Crippen molar-refractivity contribution in [2.45, 2.75) is 12.0 Å². The van der Waals surface area contributed by atoms with Crippen LogP contribution in [0.2, 0.25) is 0 Å². The molecule has 3 heterocycles. The maximum Gasteiger partial charge on any atom is 0.229 e. The molecule has 4 rings (SSSR count). The molecule has 1 aromatic heterocycles. The third-order valence-electron chi connectivity index (χ3n) is 4.28. The van der Waals surface area contributed by atoms with Crippen LogP contribution in [0.1, 0.15) is 16.8 Å². The van der Waals surface area contributed by atoms with Crippen molar-refractivity contribution in [3.63, 3.8) is 0 Å². The van der Waals surface area contributed by atoms with Gasteiger partial charge in [0.15, 0.2) is 11.4 Å². The smallest absolute Gasteiger partial charge is 0.229 e. The van der Waals surface area contributed by atoms with Crippen molar-refractivity contribution >= 4 is 49.4 Å². The van der Waals surface area contributed by atoms with E-state index in [0.717, 1.165) is 11.9 Å². The van der Waals surface area contributed by atoms with Crippen LogP contribution in [-0.2, 0) is 10.0 Å². The Hall–Kier alpha value is -2.23. The van der Waals surface area contributed by atoms with Gasteiger partial charge in [-0.15, -0.1) is 11.3 Å². The summed E-state index contributed by atoms with van der Waals surface area (Å²) in [5, 5.41) is 13.3. The number of rotatable bonds is 3. The van der Waals surface area contributed by atoms with Gasteiger partial charge in [0.25, 0.3) is 0 Å². The van der Waals surface area contributed by atoms with Gasteiger partial charge in [-0.2, -0.15) is 0 Å². The fraction of sp³-hybridized carbons (Fsp3) is 0.250. The molecule has 1 unspecified atom stereocenters. The van der Waals surface area contributed by atoms with Gasteiger partial charge in [0.2, 0.25) is 15.8 Å². The lowest BCUT2D eigenvalue weighted by molar-refractivity contribution is 0.0603. The molecule has 2 aromatic rings. The summed E-state index contributed by atoms with van der Waals surface area (Å²) >= 11 is 1.36. The van der Waals surface area contributed by atoms with Gasteiger partial charge in [-0.25, -0.2) is 13.4 Å². The molecule has 0 amide bonds. The van der Waals surface area contributed by atoms with Crippen LogP contribution in [0.3, 0.4) is 0 Å². The van der Waals surface area contributed by atoms with Crippen LogP contribution in [0, 0.1) is 0 Å². The number of carbonyl (C=O) groups excluding carboxylic acids is 1. The molecule has 7 nitrogen and oxygen atoms in total. The summed E-state index contributed by atoms with van der Waals surface area (Å²) in [4.78, 5) is 18.9. The zero-order valence-electron chi connectivity index (χ0n) is 13.3. The normalized spacial score (nSPS) is 22.4. The second-order valence-electron chi connectivity index (χ2n) is 6.09. The molecule has 2 aliphatic heterocycles. The summed E-state index contributed by atoms with van der Waals surface area (Å²) in [6.45, 7) is 0.453. The van der Waals surface area contributed by atoms with Crippen LogP contribution in [0.25, 0.3) is 0 Å². The predicted octanol–water partition coefficient (Wildman–Crippen LogP) is 1.99. The highest BCUT2D eigenvalue weighted by Gasteiger charge is 2.52. The Morgan fingerprint density at radius 3 is 2.68 bits per heavy atom. The predicted molar refractivity (Wildman–Crippen MR) is 97.6 cm³/mol. The minimum atomic E-state index is -3.34. The van der Waals surface area contributed by atoms with E-state index in [1.165, 1.54) is 11.3 Å².